The van der Waals surface area contributed by atoms with Crippen molar-refractivity contribution in [3.8, 4) is 0 Å². The monoisotopic (exact) mass is 685 g/mol. The van der Waals surface area contributed by atoms with Gasteiger partial charge in [-0.15, -0.1) is 0 Å². The van der Waals surface area contributed by atoms with Gasteiger partial charge in [-0.05, 0) is 113 Å². The van der Waals surface area contributed by atoms with Crippen LogP contribution in [0, 0.1) is 5.41 Å². The fourth-order valence-electron chi connectivity index (χ4n) is 6.21. The van der Waals surface area contributed by atoms with Gasteiger partial charge in [0.2, 0.25) is 5.91 Å². The summed E-state index contributed by atoms with van der Waals surface area (Å²) in [5.41, 5.74) is -1.82. The van der Waals surface area contributed by atoms with Crippen molar-refractivity contribution >= 4 is 32.1 Å². The second-order valence-corrected chi connectivity index (χ2v) is 22.7. The standard InChI is InChI=1S/C23H42N2O6Si.C11H21NO3/c1-22(2,3)31-21(28)24-16-9-11-17(12-10-16)30-18-19(26)25(20(27)23(18,4)5)15-29-13-14-32(6,7)8;1-11(2,3)12(10(14)15)8-4-6-9(13)7-5-8/h16-18H,9-15H2,1-8H3,(H,24,28);8-9,13H,4-7H2,1-3H3,(H,14,15)/t;8-,9+. The first-order chi connectivity index (χ1) is 21.4. The molecule has 0 aromatic rings. The number of aliphatic hydroxyl groups excluding tert-OH is 1. The van der Waals surface area contributed by atoms with Gasteiger partial charge in [0, 0.05) is 32.3 Å². The molecule has 4 amide bonds. The number of nitrogens with zero attached hydrogens (tertiary/aromatic N) is 2. The molecule has 3 aliphatic rings. The lowest BCUT2D eigenvalue weighted by molar-refractivity contribution is -0.150. The first-order valence-electron chi connectivity index (χ1n) is 17.2. The summed E-state index contributed by atoms with van der Waals surface area (Å²) in [4.78, 5) is 51.7. The summed E-state index contributed by atoms with van der Waals surface area (Å²) < 4.78 is 17.2. The average Bonchev–Trinajstić information content (AvgIpc) is 3.06. The number of ether oxygens (including phenoxy) is 3. The third kappa shape index (κ3) is 13.0. The Hall–Kier alpha value is -2.22. The van der Waals surface area contributed by atoms with Crippen LogP contribution in [0.2, 0.25) is 25.7 Å². The predicted octanol–water partition coefficient (Wildman–Crippen LogP) is 5.98. The lowest BCUT2D eigenvalue weighted by Crippen LogP contribution is -2.52. The van der Waals surface area contributed by atoms with E-state index in [1.165, 1.54) is 9.80 Å². The summed E-state index contributed by atoms with van der Waals surface area (Å²) in [6, 6.07) is 1.06. The van der Waals surface area contributed by atoms with E-state index in [9.17, 15) is 29.4 Å². The van der Waals surface area contributed by atoms with E-state index >= 15 is 0 Å². The van der Waals surface area contributed by atoms with Gasteiger partial charge in [-0.3, -0.25) is 14.5 Å². The largest absolute Gasteiger partial charge is 0.465 e. The third-order valence-electron chi connectivity index (χ3n) is 8.84. The number of aliphatic hydroxyl groups is 1. The number of likely N-dealkylation sites (tertiary alicyclic amines) is 1. The highest BCUT2D eigenvalue weighted by Gasteiger charge is 2.55. The number of nitrogens with one attached hydrogen (secondary N) is 1. The number of carbonyl (C=O) groups excluding carboxylic acids is 3. The van der Waals surface area contributed by atoms with Crippen LogP contribution in [0.25, 0.3) is 0 Å². The zero-order valence-electron chi connectivity index (χ0n) is 30.8. The Labute approximate surface area is 283 Å². The molecule has 1 heterocycles. The molecule has 272 valence electrons. The number of carbonyl (C=O) groups is 4. The molecule has 0 aromatic carbocycles. The average molecular weight is 686 g/mol. The van der Waals surface area contributed by atoms with Gasteiger partial charge in [-0.1, -0.05) is 19.6 Å². The van der Waals surface area contributed by atoms with Crippen LogP contribution in [0.3, 0.4) is 0 Å². The summed E-state index contributed by atoms with van der Waals surface area (Å²) in [6.45, 7) is 22.0. The van der Waals surface area contributed by atoms with Gasteiger partial charge < -0.3 is 34.6 Å². The second kappa shape index (κ2) is 16.5. The number of carboxylic acid groups (broad SMARTS) is 1. The van der Waals surface area contributed by atoms with Gasteiger partial charge in [-0.2, -0.15) is 0 Å². The van der Waals surface area contributed by atoms with E-state index < -0.39 is 37.4 Å². The molecule has 0 aromatic heterocycles. The van der Waals surface area contributed by atoms with Crippen molar-refractivity contribution in [3.63, 3.8) is 0 Å². The number of rotatable bonds is 9. The maximum absolute atomic E-state index is 13.0. The molecule has 0 radical (unpaired) electrons. The molecule has 47 heavy (non-hydrogen) atoms. The zero-order valence-corrected chi connectivity index (χ0v) is 31.8. The molecule has 12 nitrogen and oxygen atoms in total. The number of amides is 4. The lowest BCUT2D eigenvalue weighted by Gasteiger charge is -2.42. The first-order valence-corrected chi connectivity index (χ1v) is 20.9. The first kappa shape index (κ1) is 40.9. The molecule has 3 N–H and O–H groups in total. The van der Waals surface area contributed by atoms with E-state index in [1.54, 1.807) is 13.8 Å². The topological polar surface area (TPSA) is 155 Å². The highest BCUT2D eigenvalue weighted by molar-refractivity contribution is 6.76. The van der Waals surface area contributed by atoms with Crippen molar-refractivity contribution in [2.24, 2.45) is 5.41 Å². The third-order valence-corrected chi connectivity index (χ3v) is 10.5. The van der Waals surface area contributed by atoms with Crippen molar-refractivity contribution in [1.82, 2.24) is 15.1 Å². The van der Waals surface area contributed by atoms with Crippen LogP contribution in [0.1, 0.15) is 107 Å². The minimum atomic E-state index is -1.24. The Morgan fingerprint density at radius 1 is 0.957 bits per heavy atom. The molecule has 1 atom stereocenters. The molecule has 2 aliphatic carbocycles. The highest BCUT2D eigenvalue weighted by Crippen LogP contribution is 2.37. The van der Waals surface area contributed by atoms with Crippen LogP contribution in [0.4, 0.5) is 9.59 Å². The summed E-state index contributed by atoms with van der Waals surface area (Å²) in [7, 11) is -1.24. The minimum absolute atomic E-state index is 0.0159. The number of hydrogen-bond acceptors (Lipinski definition) is 8. The molecule has 3 fully saturated rings. The van der Waals surface area contributed by atoms with Gasteiger partial charge >= 0.3 is 12.2 Å². The lowest BCUT2D eigenvalue weighted by atomic mass is 9.87. The molecule has 0 bridgehead atoms. The van der Waals surface area contributed by atoms with Gasteiger partial charge in [0.05, 0.1) is 17.6 Å². The molecule has 2 saturated carbocycles. The number of imide groups is 1. The van der Waals surface area contributed by atoms with E-state index in [1.807, 2.05) is 41.5 Å². The van der Waals surface area contributed by atoms with Crippen LogP contribution in [0.5, 0.6) is 0 Å². The van der Waals surface area contributed by atoms with Crippen molar-refractivity contribution in [1.29, 1.82) is 0 Å². The Morgan fingerprint density at radius 2 is 1.51 bits per heavy atom. The molecule has 1 saturated heterocycles. The second-order valence-electron chi connectivity index (χ2n) is 17.1. The Kier molecular flexibility index (Phi) is 14.3. The minimum Gasteiger partial charge on any atom is -0.465 e. The van der Waals surface area contributed by atoms with Gasteiger partial charge in [0.15, 0.2) is 6.10 Å². The van der Waals surface area contributed by atoms with Crippen LogP contribution in [-0.4, -0.2) is 107 Å². The van der Waals surface area contributed by atoms with Crippen molar-refractivity contribution in [2.75, 3.05) is 13.3 Å². The fraction of sp³-hybridized carbons (Fsp3) is 0.882. The molecule has 3 rings (SSSR count). The fourth-order valence-corrected chi connectivity index (χ4v) is 6.97. The maximum atomic E-state index is 13.0. The molecular formula is C34H63N3O9Si. The van der Waals surface area contributed by atoms with Crippen molar-refractivity contribution < 1.29 is 43.6 Å². The predicted molar refractivity (Wildman–Crippen MR) is 183 cm³/mol. The smallest absolute Gasteiger partial charge is 0.407 e. The summed E-state index contributed by atoms with van der Waals surface area (Å²) in [5, 5.41) is 21.5. The van der Waals surface area contributed by atoms with Gasteiger partial charge in [0.25, 0.3) is 5.91 Å². The van der Waals surface area contributed by atoms with Gasteiger partial charge in [0.1, 0.15) is 12.3 Å². The van der Waals surface area contributed by atoms with E-state index in [4.69, 9.17) is 14.2 Å². The zero-order chi connectivity index (χ0) is 36.0. The van der Waals surface area contributed by atoms with Crippen LogP contribution < -0.4 is 5.32 Å². The summed E-state index contributed by atoms with van der Waals surface area (Å²) >= 11 is 0. The SMILES string of the molecule is CC(C)(C)N(C(=O)O)[C@H]1CC[C@@H](O)CC1.CC(C)(C)OC(=O)NC1CCC(OC2C(=O)N(COCC[Si](C)(C)C)C(=O)C2(C)C)CC1. The van der Waals surface area contributed by atoms with E-state index in [0.29, 0.717) is 32.3 Å². The Bertz CT molecular complexity index is 1060. The number of hydrogen-bond donors (Lipinski definition) is 3. The van der Waals surface area contributed by atoms with Crippen LogP contribution in [-0.2, 0) is 23.8 Å². The van der Waals surface area contributed by atoms with E-state index in [-0.39, 0.29) is 48.4 Å². The number of alkyl carbamates (subject to hydrolysis) is 1. The van der Waals surface area contributed by atoms with Crippen LogP contribution in [0.15, 0.2) is 0 Å². The summed E-state index contributed by atoms with van der Waals surface area (Å²) in [5.74, 6) is -0.567. The Balaban J connectivity index is 0.000000427. The Morgan fingerprint density at radius 3 is 1.98 bits per heavy atom. The summed E-state index contributed by atoms with van der Waals surface area (Å²) in [6.07, 6.45) is 3.42. The van der Waals surface area contributed by atoms with E-state index in [0.717, 1.165) is 31.7 Å². The molecule has 0 spiro atoms. The molecule has 13 heteroatoms. The van der Waals surface area contributed by atoms with Crippen molar-refractivity contribution in [2.45, 2.75) is 174 Å². The molecular weight excluding hydrogens is 622 g/mol. The van der Waals surface area contributed by atoms with Crippen LogP contribution >= 0.6 is 0 Å². The van der Waals surface area contributed by atoms with Gasteiger partial charge in [-0.25, -0.2) is 9.59 Å². The normalized spacial score (nSPS) is 26.7. The molecule has 1 unspecified atom stereocenters. The molecule has 1 aliphatic heterocycles. The van der Waals surface area contributed by atoms with E-state index in [2.05, 4.69) is 25.0 Å². The van der Waals surface area contributed by atoms with Crippen molar-refractivity contribution in [3.05, 3.63) is 0 Å². The quantitative estimate of drug-likeness (QED) is 0.151. The highest BCUT2D eigenvalue weighted by atomic mass is 28.3. The maximum Gasteiger partial charge on any atom is 0.407 e.